The summed E-state index contributed by atoms with van der Waals surface area (Å²) in [6.45, 7) is 2.43. The smallest absolute Gasteiger partial charge is 0.0409 e. The molecular formula is C13H24. The van der Waals surface area contributed by atoms with Crippen LogP contribution in [0, 0.1) is 17.8 Å². The van der Waals surface area contributed by atoms with Gasteiger partial charge in [0.1, 0.15) is 0 Å². The summed E-state index contributed by atoms with van der Waals surface area (Å²) in [5, 5.41) is 0. The zero-order valence-electron chi connectivity index (χ0n) is 9.10. The standard InChI is InChI=1S/C13H24/c1-11-7-8-13(9-11)10-12-5-3-2-4-6-12/h11-13H,2-10H2,1H3. The van der Waals surface area contributed by atoms with Crippen LogP contribution >= 0.6 is 0 Å². The molecule has 13 heavy (non-hydrogen) atoms. The molecule has 0 saturated heterocycles. The molecule has 2 aliphatic carbocycles. The first-order chi connectivity index (χ1) is 6.34. The van der Waals surface area contributed by atoms with E-state index in [0.29, 0.717) is 0 Å². The quantitative estimate of drug-likeness (QED) is 0.591. The molecule has 0 heteroatoms. The molecule has 0 aliphatic heterocycles. The highest BCUT2D eigenvalue weighted by Gasteiger charge is 2.24. The van der Waals surface area contributed by atoms with Gasteiger partial charge in [-0.2, -0.15) is 0 Å². The fourth-order valence-corrected chi connectivity index (χ4v) is 3.43. The number of hydrogen-bond donors (Lipinski definition) is 0. The highest BCUT2D eigenvalue weighted by atomic mass is 14.3. The third kappa shape index (κ3) is 2.72. The fraction of sp³-hybridized carbons (Fsp3) is 1.00. The monoisotopic (exact) mass is 180 g/mol. The Morgan fingerprint density at radius 3 is 2.23 bits per heavy atom. The van der Waals surface area contributed by atoms with Crippen molar-refractivity contribution in [3.8, 4) is 0 Å². The van der Waals surface area contributed by atoms with Crippen LogP contribution in [0.15, 0.2) is 0 Å². The van der Waals surface area contributed by atoms with Crippen LogP contribution < -0.4 is 0 Å². The van der Waals surface area contributed by atoms with Crippen molar-refractivity contribution in [3.05, 3.63) is 0 Å². The summed E-state index contributed by atoms with van der Waals surface area (Å²) in [6.07, 6.45) is 13.8. The molecule has 0 aromatic carbocycles. The van der Waals surface area contributed by atoms with Gasteiger partial charge in [-0.15, -0.1) is 0 Å². The van der Waals surface area contributed by atoms with Gasteiger partial charge in [-0.1, -0.05) is 51.9 Å². The van der Waals surface area contributed by atoms with Crippen LogP contribution in [0.5, 0.6) is 0 Å². The van der Waals surface area contributed by atoms with Crippen molar-refractivity contribution in [1.82, 2.24) is 0 Å². The van der Waals surface area contributed by atoms with Gasteiger partial charge in [0.15, 0.2) is 0 Å². The van der Waals surface area contributed by atoms with Gasteiger partial charge in [-0.05, 0) is 30.6 Å². The molecule has 0 bridgehead atoms. The first kappa shape index (κ1) is 9.55. The van der Waals surface area contributed by atoms with Crippen molar-refractivity contribution in [1.29, 1.82) is 0 Å². The molecule has 2 atom stereocenters. The minimum Gasteiger partial charge on any atom is -0.0625 e. The van der Waals surface area contributed by atoms with Crippen molar-refractivity contribution < 1.29 is 0 Å². The fourth-order valence-electron chi connectivity index (χ4n) is 3.43. The van der Waals surface area contributed by atoms with Crippen molar-refractivity contribution in [2.75, 3.05) is 0 Å². The van der Waals surface area contributed by atoms with E-state index in [2.05, 4.69) is 6.92 Å². The Labute approximate surface area is 83.1 Å². The van der Waals surface area contributed by atoms with Gasteiger partial charge >= 0.3 is 0 Å². The van der Waals surface area contributed by atoms with E-state index in [1.807, 2.05) is 0 Å². The molecule has 0 N–H and O–H groups in total. The van der Waals surface area contributed by atoms with Crippen LogP contribution in [0.2, 0.25) is 0 Å². The SMILES string of the molecule is CC1CCC(CC2CCCCC2)C1. The highest BCUT2D eigenvalue weighted by molar-refractivity contribution is 4.77. The first-order valence-corrected chi connectivity index (χ1v) is 6.34. The topological polar surface area (TPSA) is 0 Å². The summed E-state index contributed by atoms with van der Waals surface area (Å²) in [4.78, 5) is 0. The Kier molecular flexibility index (Phi) is 3.29. The maximum Gasteiger partial charge on any atom is -0.0409 e. The lowest BCUT2D eigenvalue weighted by Gasteiger charge is -2.24. The van der Waals surface area contributed by atoms with Crippen LogP contribution in [-0.2, 0) is 0 Å². The van der Waals surface area contributed by atoms with Crippen LogP contribution in [0.25, 0.3) is 0 Å². The average molecular weight is 180 g/mol. The summed E-state index contributed by atoms with van der Waals surface area (Å²) in [7, 11) is 0. The van der Waals surface area contributed by atoms with Gasteiger partial charge in [0, 0.05) is 0 Å². The van der Waals surface area contributed by atoms with E-state index >= 15 is 0 Å². The third-order valence-electron chi connectivity index (χ3n) is 4.19. The van der Waals surface area contributed by atoms with Crippen molar-refractivity contribution in [2.24, 2.45) is 17.8 Å². The molecule has 2 fully saturated rings. The Hall–Kier alpha value is 0. The van der Waals surface area contributed by atoms with E-state index in [0.717, 1.165) is 17.8 Å². The normalized spacial score (nSPS) is 36.7. The maximum atomic E-state index is 2.43. The van der Waals surface area contributed by atoms with Crippen LogP contribution in [0.4, 0.5) is 0 Å². The largest absolute Gasteiger partial charge is 0.0625 e. The molecule has 0 heterocycles. The Bertz CT molecular complexity index is 141. The maximum absolute atomic E-state index is 2.43. The molecule has 2 unspecified atom stereocenters. The second-order valence-electron chi connectivity index (χ2n) is 5.52. The zero-order chi connectivity index (χ0) is 9.10. The van der Waals surface area contributed by atoms with E-state index in [4.69, 9.17) is 0 Å². The molecule has 2 saturated carbocycles. The number of rotatable bonds is 2. The molecule has 0 nitrogen and oxygen atoms in total. The molecule has 76 valence electrons. The summed E-state index contributed by atoms with van der Waals surface area (Å²) in [6, 6.07) is 0. The Balaban J connectivity index is 1.71. The van der Waals surface area contributed by atoms with Crippen LogP contribution in [-0.4, -0.2) is 0 Å². The molecular weight excluding hydrogens is 156 g/mol. The molecule has 2 aliphatic rings. The summed E-state index contributed by atoms with van der Waals surface area (Å²) in [5.41, 5.74) is 0. The van der Waals surface area contributed by atoms with Gasteiger partial charge in [0.25, 0.3) is 0 Å². The van der Waals surface area contributed by atoms with Gasteiger partial charge in [-0.25, -0.2) is 0 Å². The Morgan fingerprint density at radius 1 is 0.846 bits per heavy atom. The van der Waals surface area contributed by atoms with Crippen LogP contribution in [0.1, 0.15) is 64.7 Å². The predicted octanol–water partition coefficient (Wildman–Crippen LogP) is 4.39. The minimum absolute atomic E-state index is 1.04. The molecule has 0 aromatic heterocycles. The highest BCUT2D eigenvalue weighted by Crippen LogP contribution is 2.38. The average Bonchev–Trinajstić information content (AvgIpc) is 2.53. The van der Waals surface area contributed by atoms with Gasteiger partial charge in [0.2, 0.25) is 0 Å². The molecule has 2 rings (SSSR count). The summed E-state index contributed by atoms with van der Waals surface area (Å²) < 4.78 is 0. The molecule has 0 amide bonds. The first-order valence-electron chi connectivity index (χ1n) is 6.34. The predicted molar refractivity (Wildman–Crippen MR) is 57.7 cm³/mol. The zero-order valence-corrected chi connectivity index (χ0v) is 9.10. The number of hydrogen-bond acceptors (Lipinski definition) is 0. The van der Waals surface area contributed by atoms with Crippen molar-refractivity contribution in [2.45, 2.75) is 64.7 Å². The van der Waals surface area contributed by atoms with E-state index in [1.165, 1.54) is 38.5 Å². The summed E-state index contributed by atoms with van der Waals surface area (Å²) >= 11 is 0. The lowest BCUT2D eigenvalue weighted by atomic mass is 9.82. The van der Waals surface area contributed by atoms with Gasteiger partial charge in [-0.3, -0.25) is 0 Å². The van der Waals surface area contributed by atoms with Crippen molar-refractivity contribution >= 4 is 0 Å². The lowest BCUT2D eigenvalue weighted by Crippen LogP contribution is -2.10. The van der Waals surface area contributed by atoms with E-state index in [9.17, 15) is 0 Å². The second-order valence-corrected chi connectivity index (χ2v) is 5.52. The van der Waals surface area contributed by atoms with E-state index < -0.39 is 0 Å². The van der Waals surface area contributed by atoms with Crippen LogP contribution in [0.3, 0.4) is 0 Å². The molecule has 0 spiro atoms. The van der Waals surface area contributed by atoms with E-state index in [1.54, 1.807) is 19.3 Å². The van der Waals surface area contributed by atoms with E-state index in [-0.39, 0.29) is 0 Å². The second kappa shape index (κ2) is 4.48. The Morgan fingerprint density at radius 2 is 1.62 bits per heavy atom. The molecule has 0 radical (unpaired) electrons. The minimum atomic E-state index is 1.04. The van der Waals surface area contributed by atoms with Gasteiger partial charge < -0.3 is 0 Å². The molecule has 0 aromatic rings. The van der Waals surface area contributed by atoms with Crippen molar-refractivity contribution in [3.63, 3.8) is 0 Å². The summed E-state index contributed by atoms with van der Waals surface area (Å²) in [5.74, 6) is 3.26. The van der Waals surface area contributed by atoms with Gasteiger partial charge in [0.05, 0.1) is 0 Å². The lowest BCUT2D eigenvalue weighted by molar-refractivity contribution is 0.286. The third-order valence-corrected chi connectivity index (χ3v) is 4.19.